The van der Waals surface area contributed by atoms with Crippen LogP contribution >= 0.6 is 11.3 Å². The Morgan fingerprint density at radius 1 is 1.26 bits per heavy atom. The monoisotopic (exact) mass is 278 g/mol. The highest BCUT2D eigenvalue weighted by Crippen LogP contribution is 2.36. The Morgan fingerprint density at radius 3 is 2.63 bits per heavy atom. The standard InChI is InChI=1S/C15H22N2OS/c1-10-5-11(2)7-13(6-10)17-14(18)8-16-15(17)12-3-4-19-9-12/h3-4,9-11,13,15-16H,5-8H2,1-2H3. The SMILES string of the molecule is CC1CC(C)CC(N2C(=O)CNC2c2ccsc2)C1. The maximum absolute atomic E-state index is 12.3. The molecule has 1 aromatic heterocycles. The lowest BCUT2D eigenvalue weighted by Gasteiger charge is -2.39. The van der Waals surface area contributed by atoms with Crippen molar-refractivity contribution in [2.45, 2.75) is 45.3 Å². The third-order valence-electron chi connectivity index (χ3n) is 4.42. The number of amides is 1. The van der Waals surface area contributed by atoms with Crippen LogP contribution in [0, 0.1) is 11.8 Å². The lowest BCUT2D eigenvalue weighted by atomic mass is 9.79. The normalized spacial score (nSPS) is 35.9. The van der Waals surface area contributed by atoms with Gasteiger partial charge in [-0.3, -0.25) is 10.1 Å². The fraction of sp³-hybridized carbons (Fsp3) is 0.667. The fourth-order valence-corrected chi connectivity index (χ4v) is 4.45. The van der Waals surface area contributed by atoms with E-state index >= 15 is 0 Å². The van der Waals surface area contributed by atoms with Gasteiger partial charge in [0.05, 0.1) is 6.54 Å². The van der Waals surface area contributed by atoms with Gasteiger partial charge in [0.1, 0.15) is 6.17 Å². The lowest BCUT2D eigenvalue weighted by molar-refractivity contribution is -0.131. The van der Waals surface area contributed by atoms with Gasteiger partial charge in [0.15, 0.2) is 0 Å². The van der Waals surface area contributed by atoms with Crippen molar-refractivity contribution in [3.05, 3.63) is 22.4 Å². The van der Waals surface area contributed by atoms with E-state index < -0.39 is 0 Å². The molecule has 0 aromatic carbocycles. The van der Waals surface area contributed by atoms with E-state index in [2.05, 4.69) is 40.9 Å². The Kier molecular flexibility index (Phi) is 3.63. The van der Waals surface area contributed by atoms with Crippen LogP contribution in [0.1, 0.15) is 44.8 Å². The number of hydrogen-bond acceptors (Lipinski definition) is 3. The minimum atomic E-state index is 0.0984. The van der Waals surface area contributed by atoms with Crippen LogP contribution in [0.15, 0.2) is 16.8 Å². The van der Waals surface area contributed by atoms with E-state index in [0.29, 0.717) is 12.6 Å². The van der Waals surface area contributed by atoms with Gasteiger partial charge in [-0.1, -0.05) is 13.8 Å². The third kappa shape index (κ3) is 2.56. The van der Waals surface area contributed by atoms with Crippen molar-refractivity contribution in [1.29, 1.82) is 0 Å². The quantitative estimate of drug-likeness (QED) is 0.902. The van der Waals surface area contributed by atoms with Crippen LogP contribution in [0.3, 0.4) is 0 Å². The maximum atomic E-state index is 12.3. The minimum Gasteiger partial charge on any atom is -0.319 e. The Morgan fingerprint density at radius 2 is 2.00 bits per heavy atom. The number of thiophene rings is 1. The molecule has 0 bridgehead atoms. The molecule has 1 amide bonds. The number of carbonyl (C=O) groups is 1. The van der Waals surface area contributed by atoms with Gasteiger partial charge in [-0.15, -0.1) is 0 Å². The molecule has 1 saturated heterocycles. The van der Waals surface area contributed by atoms with Crippen molar-refractivity contribution >= 4 is 17.2 Å². The molecule has 3 rings (SSSR count). The zero-order valence-electron chi connectivity index (χ0n) is 11.6. The molecule has 2 aliphatic rings. The van der Waals surface area contributed by atoms with Gasteiger partial charge in [-0.2, -0.15) is 11.3 Å². The molecule has 3 nitrogen and oxygen atoms in total. The molecule has 19 heavy (non-hydrogen) atoms. The Labute approximate surface area is 119 Å². The summed E-state index contributed by atoms with van der Waals surface area (Å²) in [6.45, 7) is 5.12. The van der Waals surface area contributed by atoms with E-state index in [0.717, 1.165) is 24.7 Å². The summed E-state index contributed by atoms with van der Waals surface area (Å²) < 4.78 is 0. The van der Waals surface area contributed by atoms with Gasteiger partial charge in [0.25, 0.3) is 0 Å². The molecular formula is C15H22N2OS. The zero-order chi connectivity index (χ0) is 13.4. The molecule has 4 heteroatoms. The molecule has 104 valence electrons. The Hall–Kier alpha value is -0.870. The predicted molar refractivity (Wildman–Crippen MR) is 77.9 cm³/mol. The molecule has 3 atom stereocenters. The summed E-state index contributed by atoms with van der Waals surface area (Å²) in [5.74, 6) is 1.72. The first-order chi connectivity index (χ1) is 9.15. The molecule has 1 aromatic rings. The number of hydrogen-bond donors (Lipinski definition) is 1. The molecule has 2 fully saturated rings. The molecule has 1 N–H and O–H groups in total. The van der Waals surface area contributed by atoms with E-state index in [4.69, 9.17) is 0 Å². The highest BCUT2D eigenvalue weighted by Gasteiger charge is 2.39. The van der Waals surface area contributed by atoms with Crippen molar-refractivity contribution in [2.24, 2.45) is 11.8 Å². The third-order valence-corrected chi connectivity index (χ3v) is 5.12. The van der Waals surface area contributed by atoms with Crippen molar-refractivity contribution in [3.8, 4) is 0 Å². The second-order valence-corrected chi connectivity index (χ2v) is 6.99. The van der Waals surface area contributed by atoms with Gasteiger partial charge in [-0.05, 0) is 53.5 Å². The van der Waals surface area contributed by atoms with Crippen LogP contribution in [-0.2, 0) is 4.79 Å². The number of nitrogens with one attached hydrogen (secondary N) is 1. The zero-order valence-corrected chi connectivity index (χ0v) is 12.5. The van der Waals surface area contributed by atoms with E-state index in [-0.39, 0.29) is 12.1 Å². The highest BCUT2D eigenvalue weighted by atomic mass is 32.1. The topological polar surface area (TPSA) is 32.3 Å². The Bertz CT molecular complexity index is 435. The summed E-state index contributed by atoms with van der Waals surface area (Å²) >= 11 is 1.70. The molecule has 0 radical (unpaired) electrons. The molecule has 1 saturated carbocycles. The van der Waals surface area contributed by atoms with Gasteiger partial charge in [0, 0.05) is 6.04 Å². The molecule has 0 spiro atoms. The fourth-order valence-electron chi connectivity index (χ4n) is 3.77. The lowest BCUT2D eigenvalue weighted by Crippen LogP contribution is -2.43. The second kappa shape index (κ2) is 5.25. The molecule has 1 aliphatic carbocycles. The smallest absolute Gasteiger partial charge is 0.238 e. The molecule has 3 unspecified atom stereocenters. The first-order valence-electron chi connectivity index (χ1n) is 7.21. The molecule has 1 aliphatic heterocycles. The number of rotatable bonds is 2. The van der Waals surface area contributed by atoms with Crippen molar-refractivity contribution in [3.63, 3.8) is 0 Å². The summed E-state index contributed by atoms with van der Waals surface area (Å²) in [6.07, 6.45) is 3.70. The van der Waals surface area contributed by atoms with Crippen LogP contribution in [-0.4, -0.2) is 23.4 Å². The summed E-state index contributed by atoms with van der Waals surface area (Å²) in [5, 5.41) is 7.61. The molecule has 2 heterocycles. The summed E-state index contributed by atoms with van der Waals surface area (Å²) in [4.78, 5) is 14.4. The second-order valence-electron chi connectivity index (χ2n) is 6.21. The van der Waals surface area contributed by atoms with E-state index in [9.17, 15) is 4.79 Å². The summed E-state index contributed by atoms with van der Waals surface area (Å²) in [6, 6.07) is 2.54. The summed E-state index contributed by atoms with van der Waals surface area (Å²) in [7, 11) is 0. The van der Waals surface area contributed by atoms with E-state index in [1.165, 1.54) is 12.0 Å². The van der Waals surface area contributed by atoms with Gasteiger partial charge in [-0.25, -0.2) is 0 Å². The first-order valence-corrected chi connectivity index (χ1v) is 8.16. The van der Waals surface area contributed by atoms with Crippen molar-refractivity contribution in [2.75, 3.05) is 6.54 Å². The average Bonchev–Trinajstić information content (AvgIpc) is 2.95. The van der Waals surface area contributed by atoms with E-state index in [1.807, 2.05) is 0 Å². The Balaban J connectivity index is 1.82. The van der Waals surface area contributed by atoms with Crippen LogP contribution in [0.4, 0.5) is 0 Å². The highest BCUT2D eigenvalue weighted by molar-refractivity contribution is 7.07. The van der Waals surface area contributed by atoms with Crippen LogP contribution in [0.2, 0.25) is 0 Å². The largest absolute Gasteiger partial charge is 0.319 e. The van der Waals surface area contributed by atoms with Gasteiger partial charge >= 0.3 is 0 Å². The van der Waals surface area contributed by atoms with Gasteiger partial charge in [0.2, 0.25) is 5.91 Å². The van der Waals surface area contributed by atoms with Crippen LogP contribution < -0.4 is 5.32 Å². The number of carbonyl (C=O) groups excluding carboxylic acids is 1. The van der Waals surface area contributed by atoms with Gasteiger partial charge < -0.3 is 4.90 Å². The van der Waals surface area contributed by atoms with Crippen LogP contribution in [0.25, 0.3) is 0 Å². The predicted octanol–water partition coefficient (Wildman–Crippen LogP) is 3.00. The van der Waals surface area contributed by atoms with E-state index in [1.54, 1.807) is 11.3 Å². The number of nitrogens with zero attached hydrogens (tertiary/aromatic N) is 1. The minimum absolute atomic E-state index is 0.0984. The van der Waals surface area contributed by atoms with Crippen LogP contribution in [0.5, 0.6) is 0 Å². The maximum Gasteiger partial charge on any atom is 0.238 e. The van der Waals surface area contributed by atoms with Crippen molar-refractivity contribution < 1.29 is 4.79 Å². The molecular weight excluding hydrogens is 256 g/mol. The van der Waals surface area contributed by atoms with Crippen molar-refractivity contribution in [1.82, 2.24) is 10.2 Å². The first kappa shape index (κ1) is 13.1. The summed E-state index contributed by atoms with van der Waals surface area (Å²) in [5.41, 5.74) is 1.24. The average molecular weight is 278 g/mol.